The number of phenols is 1. The minimum Gasteiger partial charge on any atom is -0.508 e. The molecule has 0 spiro atoms. The number of phenolic OH excluding ortho intramolecular Hbond substituents is 1. The lowest BCUT2D eigenvalue weighted by atomic mass is 10.0. The standard InChI is InChI=1S/C37H47N7O6/c38-21-7-13-29(41-33(46)20-17-25-15-18-28(45)19-16-25)35(48)42-30(14-8-22-39)36(49)44-32(24-27-11-5-2-6-12-27)37(50)43-31(34(40)47)23-26-9-3-1-4-10-26/h1-6,9-12,15-20,29-32,45H,7-8,13-14,21-24,38-39H2,(H2,40,47)(H,41,46)(H,42,48)(H,43,50)(H,44,49)/b20-17+/t29-,30-,31-,32-/m0/s1. The summed E-state index contributed by atoms with van der Waals surface area (Å²) in [5, 5.41) is 20.3. The summed E-state index contributed by atoms with van der Waals surface area (Å²) in [6.45, 7) is 0.510. The molecule has 13 heteroatoms. The summed E-state index contributed by atoms with van der Waals surface area (Å²) in [6, 6.07) is 20.0. The zero-order valence-electron chi connectivity index (χ0n) is 27.9. The number of amides is 5. The van der Waals surface area contributed by atoms with Crippen LogP contribution >= 0.6 is 0 Å². The van der Waals surface area contributed by atoms with E-state index >= 15 is 0 Å². The van der Waals surface area contributed by atoms with Crippen LogP contribution in [0.5, 0.6) is 5.75 Å². The highest BCUT2D eigenvalue weighted by molar-refractivity contribution is 5.97. The molecule has 5 amide bonds. The van der Waals surface area contributed by atoms with Crippen LogP contribution in [-0.4, -0.2) is 71.9 Å². The van der Waals surface area contributed by atoms with Crippen molar-refractivity contribution in [1.29, 1.82) is 0 Å². The van der Waals surface area contributed by atoms with Crippen LogP contribution in [0.1, 0.15) is 42.4 Å². The van der Waals surface area contributed by atoms with Crippen molar-refractivity contribution in [2.45, 2.75) is 62.7 Å². The lowest BCUT2D eigenvalue weighted by Crippen LogP contribution is -2.58. The first kappa shape index (κ1) is 38.9. The van der Waals surface area contributed by atoms with Crippen molar-refractivity contribution in [3.63, 3.8) is 0 Å². The predicted octanol–water partition coefficient (Wildman–Crippen LogP) is 0.793. The third-order valence-corrected chi connectivity index (χ3v) is 7.84. The molecule has 4 atom stereocenters. The Kier molecular flexibility index (Phi) is 16.1. The van der Waals surface area contributed by atoms with Crippen molar-refractivity contribution >= 4 is 35.6 Å². The highest BCUT2D eigenvalue weighted by Crippen LogP contribution is 2.11. The minimum atomic E-state index is -1.13. The number of primary amides is 1. The van der Waals surface area contributed by atoms with E-state index in [-0.39, 0.29) is 44.5 Å². The molecule has 3 aromatic rings. The Morgan fingerprint density at radius 2 is 1.04 bits per heavy atom. The van der Waals surface area contributed by atoms with Crippen LogP contribution < -0.4 is 38.5 Å². The maximum Gasteiger partial charge on any atom is 0.244 e. The van der Waals surface area contributed by atoms with Gasteiger partial charge in [-0.25, -0.2) is 0 Å². The minimum absolute atomic E-state index is 0.0864. The van der Waals surface area contributed by atoms with Crippen LogP contribution in [-0.2, 0) is 36.8 Å². The largest absolute Gasteiger partial charge is 0.508 e. The molecule has 11 N–H and O–H groups in total. The van der Waals surface area contributed by atoms with Crippen LogP contribution in [0.15, 0.2) is 91.0 Å². The zero-order chi connectivity index (χ0) is 36.3. The summed E-state index contributed by atoms with van der Waals surface area (Å²) in [5.41, 5.74) is 19.3. The number of nitrogens with two attached hydrogens (primary N) is 3. The molecule has 0 bridgehead atoms. The van der Waals surface area contributed by atoms with Crippen molar-refractivity contribution in [3.05, 3.63) is 108 Å². The molecule has 0 fully saturated rings. The quantitative estimate of drug-likeness (QED) is 0.0791. The molecule has 0 aliphatic carbocycles. The average Bonchev–Trinajstić information content (AvgIpc) is 3.11. The molecule has 0 aliphatic heterocycles. The Labute approximate surface area is 292 Å². The van der Waals surface area contributed by atoms with Gasteiger partial charge in [0.05, 0.1) is 0 Å². The van der Waals surface area contributed by atoms with Gasteiger partial charge in [-0.1, -0.05) is 72.8 Å². The maximum absolute atomic E-state index is 13.8. The topological polar surface area (TPSA) is 232 Å². The van der Waals surface area contributed by atoms with Gasteiger partial charge in [0.15, 0.2) is 0 Å². The van der Waals surface area contributed by atoms with Crippen molar-refractivity contribution in [2.75, 3.05) is 13.1 Å². The molecule has 0 aromatic heterocycles. The Morgan fingerprint density at radius 3 is 1.54 bits per heavy atom. The monoisotopic (exact) mass is 685 g/mol. The fourth-order valence-electron chi connectivity index (χ4n) is 5.11. The third-order valence-electron chi connectivity index (χ3n) is 7.84. The van der Waals surface area contributed by atoms with Crippen LogP contribution in [0.25, 0.3) is 6.08 Å². The second-order valence-corrected chi connectivity index (χ2v) is 11.8. The lowest BCUT2D eigenvalue weighted by molar-refractivity contribution is -0.134. The zero-order valence-corrected chi connectivity index (χ0v) is 27.9. The van der Waals surface area contributed by atoms with Gasteiger partial charge in [0, 0.05) is 18.9 Å². The van der Waals surface area contributed by atoms with Crippen molar-refractivity contribution in [3.8, 4) is 5.75 Å². The first-order chi connectivity index (χ1) is 24.1. The van der Waals surface area contributed by atoms with E-state index in [1.807, 2.05) is 36.4 Å². The number of nitrogens with one attached hydrogen (secondary N) is 4. The van der Waals surface area contributed by atoms with Gasteiger partial charge in [-0.2, -0.15) is 0 Å². The summed E-state index contributed by atoms with van der Waals surface area (Å²) >= 11 is 0. The third kappa shape index (κ3) is 13.5. The molecule has 266 valence electrons. The second kappa shape index (κ2) is 20.8. The van der Waals surface area contributed by atoms with E-state index < -0.39 is 53.7 Å². The van der Waals surface area contributed by atoms with Gasteiger partial charge < -0.3 is 43.6 Å². The first-order valence-corrected chi connectivity index (χ1v) is 16.6. The smallest absolute Gasteiger partial charge is 0.244 e. The SMILES string of the molecule is NCCC[C@H](NC(=O)/C=C/c1ccc(O)cc1)C(=O)N[C@@H](CCCN)C(=O)N[C@@H](Cc1ccccc1)C(=O)N[C@@H](Cc1ccccc1)C(N)=O. The van der Waals surface area contributed by atoms with E-state index in [1.54, 1.807) is 36.4 Å². The van der Waals surface area contributed by atoms with Gasteiger partial charge >= 0.3 is 0 Å². The van der Waals surface area contributed by atoms with Gasteiger partial charge in [-0.15, -0.1) is 0 Å². The summed E-state index contributed by atoms with van der Waals surface area (Å²) in [4.78, 5) is 66.1. The summed E-state index contributed by atoms with van der Waals surface area (Å²) in [7, 11) is 0. The van der Waals surface area contributed by atoms with Gasteiger partial charge in [0.2, 0.25) is 29.5 Å². The molecular weight excluding hydrogens is 638 g/mol. The van der Waals surface area contributed by atoms with Crippen LogP contribution in [0.4, 0.5) is 0 Å². The van der Waals surface area contributed by atoms with Crippen molar-refractivity contribution in [1.82, 2.24) is 21.3 Å². The molecule has 0 saturated carbocycles. The van der Waals surface area contributed by atoms with E-state index in [0.29, 0.717) is 18.4 Å². The summed E-state index contributed by atoms with van der Waals surface area (Å²) in [6.07, 6.45) is 4.21. The molecule has 50 heavy (non-hydrogen) atoms. The van der Waals surface area contributed by atoms with E-state index in [9.17, 15) is 29.1 Å². The van der Waals surface area contributed by atoms with Gasteiger partial charge in [-0.05, 0) is 73.7 Å². The Bertz CT molecular complexity index is 1570. The van der Waals surface area contributed by atoms with Crippen LogP contribution in [0.2, 0.25) is 0 Å². The molecule has 0 radical (unpaired) electrons. The van der Waals surface area contributed by atoms with E-state index in [2.05, 4.69) is 21.3 Å². The lowest BCUT2D eigenvalue weighted by Gasteiger charge is -2.26. The average molecular weight is 686 g/mol. The Balaban J connectivity index is 1.77. The highest BCUT2D eigenvalue weighted by Gasteiger charge is 2.31. The van der Waals surface area contributed by atoms with Crippen LogP contribution in [0, 0.1) is 0 Å². The van der Waals surface area contributed by atoms with Crippen molar-refractivity contribution in [2.24, 2.45) is 17.2 Å². The van der Waals surface area contributed by atoms with E-state index in [1.165, 1.54) is 24.3 Å². The predicted molar refractivity (Wildman–Crippen MR) is 191 cm³/mol. The summed E-state index contributed by atoms with van der Waals surface area (Å²) in [5.74, 6) is -3.07. The summed E-state index contributed by atoms with van der Waals surface area (Å²) < 4.78 is 0. The highest BCUT2D eigenvalue weighted by atomic mass is 16.3. The number of rotatable bonds is 20. The van der Waals surface area contributed by atoms with Gasteiger partial charge in [0.1, 0.15) is 29.9 Å². The Hall–Kier alpha value is -5.53. The number of benzene rings is 3. The fraction of sp³-hybridized carbons (Fsp3) is 0.324. The van der Waals surface area contributed by atoms with Gasteiger partial charge in [0.25, 0.3) is 0 Å². The molecular formula is C37H47N7O6. The fourth-order valence-corrected chi connectivity index (χ4v) is 5.11. The Morgan fingerprint density at radius 1 is 0.600 bits per heavy atom. The maximum atomic E-state index is 13.8. The number of carbonyl (C=O) groups is 5. The molecule has 0 unspecified atom stereocenters. The molecule has 3 aromatic carbocycles. The first-order valence-electron chi connectivity index (χ1n) is 16.6. The normalized spacial score (nSPS) is 13.4. The van der Waals surface area contributed by atoms with Crippen molar-refractivity contribution < 1.29 is 29.1 Å². The number of hydrogen-bond donors (Lipinski definition) is 8. The molecule has 3 rings (SSSR count). The number of hydrogen-bond acceptors (Lipinski definition) is 8. The van der Waals surface area contributed by atoms with Crippen LogP contribution in [0.3, 0.4) is 0 Å². The number of aromatic hydroxyl groups is 1. The van der Waals surface area contributed by atoms with E-state index in [0.717, 1.165) is 11.1 Å². The number of carbonyl (C=O) groups excluding carboxylic acids is 5. The molecule has 13 nitrogen and oxygen atoms in total. The molecule has 0 aliphatic rings. The molecule has 0 saturated heterocycles. The molecule has 0 heterocycles. The van der Waals surface area contributed by atoms with Gasteiger partial charge in [-0.3, -0.25) is 24.0 Å². The van der Waals surface area contributed by atoms with E-state index in [4.69, 9.17) is 17.2 Å². The second-order valence-electron chi connectivity index (χ2n) is 11.8.